The highest BCUT2D eigenvalue weighted by atomic mass is 32.2. The van der Waals surface area contributed by atoms with Gasteiger partial charge >= 0.3 is 0 Å². The molecular formula is C13H21NO2S2. The first-order chi connectivity index (χ1) is 8.52. The molecule has 0 saturated carbocycles. The molecule has 3 nitrogen and oxygen atoms in total. The lowest BCUT2D eigenvalue weighted by molar-refractivity contribution is 0.425. The van der Waals surface area contributed by atoms with Crippen molar-refractivity contribution in [1.29, 1.82) is 0 Å². The fraction of sp³-hybridized carbons (Fsp3) is 0.692. The van der Waals surface area contributed by atoms with Crippen LogP contribution in [0.5, 0.6) is 0 Å². The summed E-state index contributed by atoms with van der Waals surface area (Å²) in [6.07, 6.45) is 3.48. The highest BCUT2D eigenvalue weighted by Crippen LogP contribution is 2.33. The number of hydrogen-bond acceptors (Lipinski definition) is 4. The van der Waals surface area contributed by atoms with Crippen LogP contribution in [0.4, 0.5) is 0 Å². The first kappa shape index (κ1) is 14.0. The minimum atomic E-state index is -2.89. The summed E-state index contributed by atoms with van der Waals surface area (Å²) in [5.41, 5.74) is 1.38. The number of hydrogen-bond donors (Lipinski definition) is 1. The zero-order valence-corrected chi connectivity index (χ0v) is 12.6. The lowest BCUT2D eigenvalue weighted by atomic mass is 9.93. The molecule has 0 fully saturated rings. The van der Waals surface area contributed by atoms with E-state index in [0.717, 1.165) is 6.42 Å². The third-order valence-electron chi connectivity index (χ3n) is 3.48. The first-order valence-corrected chi connectivity index (χ1v) is 9.24. The number of sulfone groups is 1. The van der Waals surface area contributed by atoms with Crippen LogP contribution in [0.3, 0.4) is 0 Å². The van der Waals surface area contributed by atoms with Crippen LogP contribution in [0.25, 0.3) is 0 Å². The summed E-state index contributed by atoms with van der Waals surface area (Å²) in [4.78, 5) is 1.46. The van der Waals surface area contributed by atoms with E-state index in [2.05, 4.69) is 16.8 Å². The van der Waals surface area contributed by atoms with Gasteiger partial charge in [0.25, 0.3) is 0 Å². The largest absolute Gasteiger partial charge is 0.306 e. The smallest absolute Gasteiger partial charge is 0.151 e. The number of thiophene rings is 1. The summed E-state index contributed by atoms with van der Waals surface area (Å²) < 4.78 is 23.2. The standard InChI is InChI=1S/C13H21NO2S2/c1-3-18(15,16)9-10(2)14-12-5-4-6-13-11(12)7-8-17-13/h7-8,10,12,14H,3-6,9H2,1-2H3. The maximum Gasteiger partial charge on any atom is 0.151 e. The Balaban J connectivity index is 1.99. The van der Waals surface area contributed by atoms with Gasteiger partial charge in [-0.05, 0) is 43.2 Å². The van der Waals surface area contributed by atoms with Crippen molar-refractivity contribution < 1.29 is 8.42 Å². The molecule has 1 aliphatic rings. The number of rotatable bonds is 5. The van der Waals surface area contributed by atoms with Gasteiger partial charge in [0.05, 0.1) is 5.75 Å². The van der Waals surface area contributed by atoms with Crippen molar-refractivity contribution in [2.75, 3.05) is 11.5 Å². The van der Waals surface area contributed by atoms with E-state index in [9.17, 15) is 8.42 Å². The summed E-state index contributed by atoms with van der Waals surface area (Å²) in [5, 5.41) is 5.62. The predicted octanol–water partition coefficient (Wildman–Crippen LogP) is 2.54. The minimum Gasteiger partial charge on any atom is -0.306 e. The molecule has 1 aromatic heterocycles. The maximum atomic E-state index is 11.6. The molecule has 1 aromatic rings. The van der Waals surface area contributed by atoms with Crippen molar-refractivity contribution in [3.63, 3.8) is 0 Å². The zero-order chi connectivity index (χ0) is 13.2. The molecule has 5 heteroatoms. The Hall–Kier alpha value is -0.390. The molecule has 0 amide bonds. The second kappa shape index (κ2) is 5.72. The van der Waals surface area contributed by atoms with Crippen LogP contribution in [0.1, 0.15) is 43.2 Å². The molecule has 2 atom stereocenters. The van der Waals surface area contributed by atoms with Gasteiger partial charge in [-0.25, -0.2) is 8.42 Å². The van der Waals surface area contributed by atoms with Gasteiger partial charge in [0.1, 0.15) is 0 Å². The van der Waals surface area contributed by atoms with Crippen molar-refractivity contribution >= 4 is 21.2 Å². The van der Waals surface area contributed by atoms with E-state index in [0.29, 0.717) is 6.04 Å². The van der Waals surface area contributed by atoms with Gasteiger partial charge in [0, 0.05) is 22.7 Å². The monoisotopic (exact) mass is 287 g/mol. The van der Waals surface area contributed by atoms with Crippen LogP contribution in [-0.4, -0.2) is 26.0 Å². The normalized spacial score (nSPS) is 21.6. The SMILES string of the molecule is CCS(=O)(=O)CC(C)NC1CCCc2sccc21. The quantitative estimate of drug-likeness (QED) is 0.905. The van der Waals surface area contributed by atoms with E-state index >= 15 is 0 Å². The molecule has 1 N–H and O–H groups in total. The highest BCUT2D eigenvalue weighted by molar-refractivity contribution is 7.91. The van der Waals surface area contributed by atoms with E-state index in [1.54, 1.807) is 6.92 Å². The lowest BCUT2D eigenvalue weighted by Gasteiger charge is -2.27. The van der Waals surface area contributed by atoms with Gasteiger partial charge in [-0.15, -0.1) is 11.3 Å². The van der Waals surface area contributed by atoms with Gasteiger partial charge in [-0.3, -0.25) is 0 Å². The van der Waals surface area contributed by atoms with Gasteiger partial charge in [-0.1, -0.05) is 6.92 Å². The Morgan fingerprint density at radius 1 is 1.56 bits per heavy atom. The molecule has 102 valence electrons. The van der Waals surface area contributed by atoms with E-state index in [-0.39, 0.29) is 17.5 Å². The number of nitrogens with one attached hydrogen (secondary N) is 1. The molecule has 0 aliphatic heterocycles. The fourth-order valence-electron chi connectivity index (χ4n) is 2.55. The predicted molar refractivity (Wildman–Crippen MR) is 76.9 cm³/mol. The van der Waals surface area contributed by atoms with E-state index in [1.165, 1.54) is 23.3 Å². The van der Waals surface area contributed by atoms with Crippen LogP contribution in [0.2, 0.25) is 0 Å². The van der Waals surface area contributed by atoms with Gasteiger partial charge in [0.2, 0.25) is 0 Å². The summed E-state index contributed by atoms with van der Waals surface area (Å²) >= 11 is 1.82. The molecule has 0 aromatic carbocycles. The number of aryl methyl sites for hydroxylation is 1. The van der Waals surface area contributed by atoms with Crippen LogP contribution in [0, 0.1) is 0 Å². The van der Waals surface area contributed by atoms with Gasteiger partial charge < -0.3 is 5.32 Å². The van der Waals surface area contributed by atoms with Gasteiger partial charge in [-0.2, -0.15) is 0 Å². The molecule has 18 heavy (non-hydrogen) atoms. The molecule has 2 rings (SSSR count). The fourth-order valence-corrected chi connectivity index (χ4v) is 4.63. The topological polar surface area (TPSA) is 46.2 Å². The van der Waals surface area contributed by atoms with Crippen molar-refractivity contribution in [2.24, 2.45) is 0 Å². The molecule has 2 unspecified atom stereocenters. The third kappa shape index (κ3) is 3.33. The van der Waals surface area contributed by atoms with Crippen molar-refractivity contribution in [3.8, 4) is 0 Å². The Bertz CT molecular complexity index is 493. The Morgan fingerprint density at radius 2 is 2.33 bits per heavy atom. The van der Waals surface area contributed by atoms with Gasteiger partial charge in [0.15, 0.2) is 9.84 Å². The van der Waals surface area contributed by atoms with Crippen LogP contribution < -0.4 is 5.32 Å². The Labute approximate surface area is 114 Å². The summed E-state index contributed by atoms with van der Waals surface area (Å²) in [7, 11) is -2.89. The molecule has 1 aliphatic carbocycles. The van der Waals surface area contributed by atoms with Crippen LogP contribution in [-0.2, 0) is 16.3 Å². The summed E-state index contributed by atoms with van der Waals surface area (Å²) in [6, 6.07) is 2.53. The molecule has 0 spiro atoms. The third-order valence-corrected chi connectivity index (χ3v) is 6.37. The van der Waals surface area contributed by atoms with Crippen molar-refractivity contribution in [1.82, 2.24) is 5.32 Å². The van der Waals surface area contributed by atoms with E-state index in [4.69, 9.17) is 0 Å². The van der Waals surface area contributed by atoms with E-state index in [1.807, 2.05) is 18.3 Å². The van der Waals surface area contributed by atoms with Crippen molar-refractivity contribution in [3.05, 3.63) is 21.9 Å². The summed E-state index contributed by atoms with van der Waals surface area (Å²) in [5.74, 6) is 0.465. The van der Waals surface area contributed by atoms with E-state index < -0.39 is 9.84 Å². The zero-order valence-electron chi connectivity index (χ0n) is 11.0. The lowest BCUT2D eigenvalue weighted by Crippen LogP contribution is -2.37. The average Bonchev–Trinajstić information content (AvgIpc) is 2.77. The Kier molecular flexibility index (Phi) is 4.45. The maximum absolute atomic E-state index is 11.6. The van der Waals surface area contributed by atoms with Crippen LogP contribution >= 0.6 is 11.3 Å². The first-order valence-electron chi connectivity index (χ1n) is 6.54. The summed E-state index contributed by atoms with van der Waals surface area (Å²) in [6.45, 7) is 3.67. The molecule has 1 heterocycles. The minimum absolute atomic E-state index is 0.0193. The second-order valence-electron chi connectivity index (χ2n) is 5.01. The molecule has 0 bridgehead atoms. The second-order valence-corrected chi connectivity index (χ2v) is 8.41. The number of fused-ring (bicyclic) bond motifs is 1. The molecular weight excluding hydrogens is 266 g/mol. The van der Waals surface area contributed by atoms with Crippen molar-refractivity contribution in [2.45, 2.75) is 45.2 Å². The average molecular weight is 287 g/mol. The molecule has 0 saturated heterocycles. The Morgan fingerprint density at radius 3 is 3.06 bits per heavy atom. The molecule has 0 radical (unpaired) electrons. The van der Waals surface area contributed by atoms with Crippen LogP contribution in [0.15, 0.2) is 11.4 Å². The highest BCUT2D eigenvalue weighted by Gasteiger charge is 2.23.